The Hall–Kier alpha value is -0.610. The molecule has 0 spiro atoms. The van der Waals surface area contributed by atoms with Gasteiger partial charge in [-0.25, -0.2) is 0 Å². The number of carbonyl (C=O) groups is 1. The van der Waals surface area contributed by atoms with Crippen LogP contribution in [0.2, 0.25) is 0 Å². The third-order valence-electron chi connectivity index (χ3n) is 2.51. The summed E-state index contributed by atoms with van der Waals surface area (Å²) in [5.74, 6) is -0.873. The van der Waals surface area contributed by atoms with Gasteiger partial charge in [-0.1, -0.05) is 0 Å². The fraction of sp³-hybridized carbons (Fsp3) is 0.875. The van der Waals surface area contributed by atoms with Crippen molar-refractivity contribution in [1.29, 1.82) is 0 Å². The highest BCUT2D eigenvalue weighted by Gasteiger charge is 2.41. The molecular weight excluding hydrogens is 158 g/mol. The molecule has 0 aromatic carbocycles. The van der Waals surface area contributed by atoms with Crippen molar-refractivity contribution in [2.45, 2.75) is 25.5 Å². The van der Waals surface area contributed by atoms with Crippen LogP contribution in [0.15, 0.2) is 0 Å². The summed E-state index contributed by atoms with van der Waals surface area (Å²) in [7, 11) is 4.96. The van der Waals surface area contributed by atoms with Crippen LogP contribution in [-0.4, -0.2) is 48.8 Å². The average Bonchev–Trinajstić information content (AvgIpc) is 2.00. The number of rotatable bonds is 4. The van der Waals surface area contributed by atoms with Crippen molar-refractivity contribution in [3.8, 4) is 0 Å². The van der Waals surface area contributed by atoms with Crippen molar-refractivity contribution in [1.82, 2.24) is 4.90 Å². The van der Waals surface area contributed by atoms with Gasteiger partial charge >= 0.3 is 5.97 Å². The summed E-state index contributed by atoms with van der Waals surface area (Å²) in [6.45, 7) is 3.39. The fourth-order valence-electron chi connectivity index (χ4n) is 0.958. The topological polar surface area (TPSA) is 49.8 Å². The van der Waals surface area contributed by atoms with Crippen molar-refractivity contribution < 1.29 is 14.6 Å². The molecule has 0 saturated heterocycles. The maximum atomic E-state index is 10.9. The first-order chi connectivity index (χ1) is 5.37. The second-order valence-electron chi connectivity index (χ2n) is 3.23. The third-order valence-corrected chi connectivity index (χ3v) is 2.51. The van der Waals surface area contributed by atoms with Gasteiger partial charge < -0.3 is 9.84 Å². The van der Waals surface area contributed by atoms with Gasteiger partial charge in [-0.15, -0.1) is 0 Å². The Morgan fingerprint density at radius 2 is 2.00 bits per heavy atom. The highest BCUT2D eigenvalue weighted by molar-refractivity contribution is 5.79. The second-order valence-corrected chi connectivity index (χ2v) is 3.23. The highest BCUT2D eigenvalue weighted by Crippen LogP contribution is 2.18. The second kappa shape index (κ2) is 3.87. The summed E-state index contributed by atoms with van der Waals surface area (Å²) in [4.78, 5) is 12.6. The van der Waals surface area contributed by atoms with Crippen LogP contribution in [0.1, 0.15) is 13.8 Å². The lowest BCUT2D eigenvalue weighted by atomic mass is 9.94. The fourth-order valence-corrected chi connectivity index (χ4v) is 0.958. The molecule has 0 aliphatic rings. The molecule has 0 aliphatic carbocycles. The van der Waals surface area contributed by atoms with Gasteiger partial charge in [0.25, 0.3) is 0 Å². The van der Waals surface area contributed by atoms with Gasteiger partial charge in [0.05, 0.1) is 6.10 Å². The van der Waals surface area contributed by atoms with E-state index in [1.807, 2.05) is 0 Å². The Bertz CT molecular complexity index is 170. The SMILES string of the molecule is COC(C)C(C)(C(=O)O)N(C)C. The summed E-state index contributed by atoms with van der Waals surface area (Å²) in [5.41, 5.74) is -0.964. The Balaban J connectivity index is 4.74. The minimum Gasteiger partial charge on any atom is -0.480 e. The number of aliphatic carboxylic acids is 1. The van der Waals surface area contributed by atoms with Gasteiger partial charge in [-0.2, -0.15) is 0 Å². The number of hydrogen-bond donors (Lipinski definition) is 1. The van der Waals surface area contributed by atoms with Crippen molar-refractivity contribution in [3.05, 3.63) is 0 Å². The predicted octanol–water partition coefficient (Wildman–Crippen LogP) is 0.426. The first kappa shape index (κ1) is 11.4. The molecule has 1 N–H and O–H groups in total. The molecule has 4 nitrogen and oxygen atoms in total. The van der Waals surface area contributed by atoms with Crippen LogP contribution in [0.25, 0.3) is 0 Å². The number of carboxylic acids is 1. The van der Waals surface area contributed by atoms with E-state index in [1.54, 1.807) is 32.8 Å². The predicted molar refractivity (Wildman–Crippen MR) is 46.2 cm³/mol. The zero-order valence-corrected chi connectivity index (χ0v) is 8.29. The number of likely N-dealkylation sites (N-methyl/N-ethyl adjacent to an activating group) is 1. The van der Waals surface area contributed by atoms with E-state index in [9.17, 15) is 4.79 Å². The molecule has 0 bridgehead atoms. The first-order valence-corrected chi connectivity index (χ1v) is 3.81. The lowest BCUT2D eigenvalue weighted by molar-refractivity contribution is -0.157. The quantitative estimate of drug-likeness (QED) is 0.673. The number of ether oxygens (including phenoxy) is 1. The van der Waals surface area contributed by atoms with E-state index in [4.69, 9.17) is 9.84 Å². The van der Waals surface area contributed by atoms with Crippen LogP contribution in [0.3, 0.4) is 0 Å². The molecule has 2 atom stereocenters. The molecule has 2 unspecified atom stereocenters. The van der Waals surface area contributed by atoms with Gasteiger partial charge in [0, 0.05) is 7.11 Å². The summed E-state index contributed by atoms with van der Waals surface area (Å²) in [6.07, 6.45) is -0.343. The monoisotopic (exact) mass is 175 g/mol. The van der Waals surface area contributed by atoms with Crippen LogP contribution in [0, 0.1) is 0 Å². The molecule has 0 aromatic heterocycles. The summed E-state index contributed by atoms with van der Waals surface area (Å²) >= 11 is 0. The standard InChI is InChI=1S/C8H17NO3/c1-6(12-5)8(2,7(10)11)9(3)4/h6H,1-5H3,(H,10,11). The zero-order chi connectivity index (χ0) is 9.94. The highest BCUT2D eigenvalue weighted by atomic mass is 16.5. The zero-order valence-electron chi connectivity index (χ0n) is 8.29. The average molecular weight is 175 g/mol. The Morgan fingerprint density at radius 1 is 1.58 bits per heavy atom. The Kier molecular flexibility index (Phi) is 3.67. The van der Waals surface area contributed by atoms with Crippen molar-refractivity contribution in [2.75, 3.05) is 21.2 Å². The van der Waals surface area contributed by atoms with Crippen LogP contribution >= 0.6 is 0 Å². The molecule has 4 heteroatoms. The maximum Gasteiger partial charge on any atom is 0.326 e. The van der Waals surface area contributed by atoms with Crippen LogP contribution in [0.5, 0.6) is 0 Å². The minimum absolute atomic E-state index is 0.343. The normalized spacial score (nSPS) is 18.8. The van der Waals surface area contributed by atoms with E-state index >= 15 is 0 Å². The summed E-state index contributed by atoms with van der Waals surface area (Å²) < 4.78 is 5.02. The van der Waals surface area contributed by atoms with E-state index in [0.29, 0.717) is 0 Å². The molecule has 0 rings (SSSR count). The van der Waals surface area contributed by atoms with E-state index in [0.717, 1.165) is 0 Å². The van der Waals surface area contributed by atoms with E-state index in [2.05, 4.69) is 0 Å². The van der Waals surface area contributed by atoms with E-state index < -0.39 is 11.5 Å². The molecule has 72 valence electrons. The first-order valence-electron chi connectivity index (χ1n) is 3.81. The smallest absolute Gasteiger partial charge is 0.326 e. The van der Waals surface area contributed by atoms with Gasteiger partial charge in [0.1, 0.15) is 5.54 Å². The lowest BCUT2D eigenvalue weighted by Crippen LogP contribution is -2.56. The minimum atomic E-state index is -0.964. The largest absolute Gasteiger partial charge is 0.480 e. The molecule has 0 aromatic rings. The van der Waals surface area contributed by atoms with Crippen LogP contribution in [-0.2, 0) is 9.53 Å². The summed E-state index contributed by atoms with van der Waals surface area (Å²) in [5, 5.41) is 8.98. The Morgan fingerprint density at radius 3 is 2.08 bits per heavy atom. The number of methoxy groups -OCH3 is 1. The molecule has 0 fully saturated rings. The van der Waals surface area contributed by atoms with Crippen molar-refractivity contribution >= 4 is 5.97 Å². The van der Waals surface area contributed by atoms with Gasteiger partial charge in [-0.3, -0.25) is 9.69 Å². The number of nitrogens with zero attached hydrogens (tertiary/aromatic N) is 1. The molecule has 0 aliphatic heterocycles. The van der Waals surface area contributed by atoms with E-state index in [1.165, 1.54) is 7.11 Å². The van der Waals surface area contributed by atoms with Crippen molar-refractivity contribution in [3.63, 3.8) is 0 Å². The molecule has 0 heterocycles. The lowest BCUT2D eigenvalue weighted by Gasteiger charge is -2.36. The van der Waals surface area contributed by atoms with Gasteiger partial charge in [0.2, 0.25) is 0 Å². The van der Waals surface area contributed by atoms with Crippen molar-refractivity contribution in [2.24, 2.45) is 0 Å². The molecule has 0 saturated carbocycles. The molecular formula is C8H17NO3. The molecule has 0 amide bonds. The van der Waals surface area contributed by atoms with Gasteiger partial charge in [0.15, 0.2) is 0 Å². The van der Waals surface area contributed by atoms with Crippen LogP contribution in [0.4, 0.5) is 0 Å². The van der Waals surface area contributed by atoms with Crippen LogP contribution < -0.4 is 0 Å². The summed E-state index contributed by atoms with van der Waals surface area (Å²) in [6, 6.07) is 0. The maximum absolute atomic E-state index is 10.9. The molecule has 12 heavy (non-hydrogen) atoms. The number of carboxylic acid groups (broad SMARTS) is 1. The number of hydrogen-bond acceptors (Lipinski definition) is 3. The third kappa shape index (κ3) is 1.76. The molecule has 0 radical (unpaired) electrons. The van der Waals surface area contributed by atoms with E-state index in [-0.39, 0.29) is 6.10 Å². The Labute approximate surface area is 73.1 Å². The van der Waals surface area contributed by atoms with Gasteiger partial charge in [-0.05, 0) is 27.9 Å².